The molecular formula is C34H50N4O5S. The minimum Gasteiger partial charge on any atom is -0.391 e. The molecule has 1 saturated heterocycles. The molecule has 3 N–H and O–H groups in total. The first kappa shape index (κ1) is 35.4. The Labute approximate surface area is 266 Å². The highest BCUT2D eigenvalue weighted by atomic mass is 32.1. The molecule has 1 aliphatic rings. The van der Waals surface area contributed by atoms with Gasteiger partial charge in [-0.2, -0.15) is 0 Å². The number of aliphatic hydroxyl groups excluding tert-OH is 1. The number of thiazole rings is 1. The summed E-state index contributed by atoms with van der Waals surface area (Å²) >= 11 is 1.59. The van der Waals surface area contributed by atoms with E-state index in [4.69, 9.17) is 0 Å². The number of aromatic nitrogens is 1. The fourth-order valence-electron chi connectivity index (χ4n) is 5.62. The van der Waals surface area contributed by atoms with Gasteiger partial charge in [0.2, 0.25) is 17.7 Å². The molecule has 0 aliphatic carbocycles. The van der Waals surface area contributed by atoms with E-state index < -0.39 is 23.6 Å². The van der Waals surface area contributed by atoms with Crippen LogP contribution < -0.4 is 10.6 Å². The van der Waals surface area contributed by atoms with Crippen molar-refractivity contribution in [1.29, 1.82) is 0 Å². The number of benzene rings is 1. The highest BCUT2D eigenvalue weighted by Crippen LogP contribution is 2.29. The number of nitrogens with zero attached hydrogens (tertiary/aromatic N) is 2. The zero-order valence-electron chi connectivity index (χ0n) is 27.2. The van der Waals surface area contributed by atoms with Gasteiger partial charge in [-0.05, 0) is 50.2 Å². The van der Waals surface area contributed by atoms with Gasteiger partial charge in [0.25, 0.3) is 0 Å². The largest absolute Gasteiger partial charge is 0.391 e. The van der Waals surface area contributed by atoms with E-state index in [1.807, 2.05) is 64.4 Å². The van der Waals surface area contributed by atoms with Gasteiger partial charge in [0.05, 0.1) is 28.2 Å². The van der Waals surface area contributed by atoms with E-state index in [0.717, 1.165) is 60.2 Å². The summed E-state index contributed by atoms with van der Waals surface area (Å²) in [7, 11) is 0. The lowest BCUT2D eigenvalue weighted by Crippen LogP contribution is -2.57. The number of carbonyl (C=O) groups excluding carboxylic acids is 4. The molecule has 1 unspecified atom stereocenters. The van der Waals surface area contributed by atoms with Crippen molar-refractivity contribution < 1.29 is 24.3 Å². The van der Waals surface area contributed by atoms with E-state index in [-0.39, 0.29) is 42.5 Å². The highest BCUT2D eigenvalue weighted by Gasteiger charge is 2.44. The van der Waals surface area contributed by atoms with Gasteiger partial charge >= 0.3 is 0 Å². The van der Waals surface area contributed by atoms with Crippen LogP contribution in [0.25, 0.3) is 10.4 Å². The standard InChI is InChI=1S/C34H50N4O5S/c1-22(39)13-11-9-7-8-10-12-14-29(41)37-31(34(4,5)6)33(43)38-20-27(40)19-28(38)32(42)36-23(2)25-15-17-26(18-16-25)30-24(3)35-21-44-30/h15-18,21,23,27-28,31,40H,7-14,19-20H2,1-6H3,(H,36,42)(H,37,41)/t23-,27+,28?,31+/m0/s1. The van der Waals surface area contributed by atoms with E-state index in [1.165, 1.54) is 4.90 Å². The lowest BCUT2D eigenvalue weighted by Gasteiger charge is -2.35. The Morgan fingerprint density at radius 2 is 1.61 bits per heavy atom. The lowest BCUT2D eigenvalue weighted by molar-refractivity contribution is -0.144. The quantitative estimate of drug-likeness (QED) is 0.224. The average Bonchev–Trinajstić information content (AvgIpc) is 3.57. The van der Waals surface area contributed by atoms with Gasteiger partial charge < -0.3 is 25.4 Å². The van der Waals surface area contributed by atoms with E-state index in [1.54, 1.807) is 18.3 Å². The van der Waals surface area contributed by atoms with E-state index in [2.05, 4.69) is 15.6 Å². The molecule has 0 saturated carbocycles. The third-order valence-corrected chi connectivity index (χ3v) is 9.22. The number of likely N-dealkylation sites (tertiary alicyclic amines) is 1. The molecule has 2 heterocycles. The topological polar surface area (TPSA) is 129 Å². The molecule has 1 aromatic carbocycles. The van der Waals surface area contributed by atoms with Crippen LogP contribution in [-0.4, -0.2) is 63.2 Å². The van der Waals surface area contributed by atoms with Gasteiger partial charge in [-0.3, -0.25) is 14.4 Å². The van der Waals surface area contributed by atoms with Crippen molar-refractivity contribution in [1.82, 2.24) is 20.5 Å². The van der Waals surface area contributed by atoms with Crippen LogP contribution in [-0.2, 0) is 19.2 Å². The van der Waals surface area contributed by atoms with Gasteiger partial charge in [-0.1, -0.05) is 70.7 Å². The Bertz CT molecular complexity index is 1270. The molecule has 10 heteroatoms. The minimum absolute atomic E-state index is 0.0419. The summed E-state index contributed by atoms with van der Waals surface area (Å²) in [5.41, 5.74) is 4.20. The Hall–Kier alpha value is -3.11. The molecule has 0 radical (unpaired) electrons. The van der Waals surface area contributed by atoms with E-state index >= 15 is 0 Å². The number of β-amino-alcohol motifs (C(OH)–C–C–N with tert-alkyl or cyclic N) is 1. The predicted octanol–water partition coefficient (Wildman–Crippen LogP) is 5.50. The van der Waals surface area contributed by atoms with Crippen LogP contribution in [0.1, 0.15) is 110 Å². The van der Waals surface area contributed by atoms with Crippen molar-refractivity contribution in [3.05, 3.63) is 41.0 Å². The van der Waals surface area contributed by atoms with Crippen LogP contribution in [0.5, 0.6) is 0 Å². The van der Waals surface area contributed by atoms with Crippen LogP contribution in [0.15, 0.2) is 29.8 Å². The number of amides is 3. The first-order chi connectivity index (χ1) is 20.8. The first-order valence-corrected chi connectivity index (χ1v) is 16.7. The second-order valence-corrected chi connectivity index (χ2v) is 14.1. The number of hydrogen-bond acceptors (Lipinski definition) is 7. The maximum atomic E-state index is 13.8. The number of hydrogen-bond donors (Lipinski definition) is 3. The summed E-state index contributed by atoms with van der Waals surface area (Å²) in [4.78, 5) is 58.1. The van der Waals surface area contributed by atoms with Crippen molar-refractivity contribution in [2.45, 2.75) is 124 Å². The molecule has 4 atom stereocenters. The summed E-state index contributed by atoms with van der Waals surface area (Å²) in [6.07, 6.45) is 5.87. The highest BCUT2D eigenvalue weighted by molar-refractivity contribution is 7.13. The third-order valence-electron chi connectivity index (χ3n) is 8.24. The van der Waals surface area contributed by atoms with Gasteiger partial charge in [-0.25, -0.2) is 4.98 Å². The SMILES string of the molecule is CC(=O)CCCCCCCCC(=O)N[C@H](C(=O)N1C[C@H](O)CC1C(=O)N[C@@H](C)c1ccc(-c2scnc2C)cc1)C(C)(C)C. The number of carbonyl (C=O) groups is 4. The zero-order chi connectivity index (χ0) is 32.4. The Morgan fingerprint density at radius 3 is 2.18 bits per heavy atom. The van der Waals surface area contributed by atoms with Gasteiger partial charge in [0.15, 0.2) is 0 Å². The van der Waals surface area contributed by atoms with Crippen molar-refractivity contribution in [2.75, 3.05) is 6.54 Å². The molecule has 44 heavy (non-hydrogen) atoms. The Balaban J connectivity index is 1.57. The van der Waals surface area contributed by atoms with Crippen LogP contribution in [0.2, 0.25) is 0 Å². The summed E-state index contributed by atoms with van der Waals surface area (Å²) in [6.45, 7) is 11.2. The molecule has 2 aromatic rings. The number of Topliss-reactive ketones (excluding diaryl/α,β-unsaturated/α-hetero) is 1. The fraction of sp³-hybridized carbons (Fsp3) is 0.618. The molecular weight excluding hydrogens is 576 g/mol. The van der Waals surface area contributed by atoms with Crippen molar-refractivity contribution >= 4 is 34.8 Å². The van der Waals surface area contributed by atoms with Gasteiger partial charge in [0.1, 0.15) is 17.9 Å². The first-order valence-electron chi connectivity index (χ1n) is 15.9. The maximum Gasteiger partial charge on any atom is 0.246 e. The normalized spacial score (nSPS) is 18.1. The van der Waals surface area contributed by atoms with Crippen LogP contribution in [0, 0.1) is 12.3 Å². The molecule has 9 nitrogen and oxygen atoms in total. The molecule has 242 valence electrons. The number of aliphatic hydroxyl groups is 1. The van der Waals surface area contributed by atoms with E-state index in [9.17, 15) is 24.3 Å². The van der Waals surface area contributed by atoms with Crippen molar-refractivity contribution in [3.63, 3.8) is 0 Å². The summed E-state index contributed by atoms with van der Waals surface area (Å²) in [5, 5.41) is 16.5. The summed E-state index contributed by atoms with van der Waals surface area (Å²) in [5.74, 6) is -0.656. The number of unbranched alkanes of at least 4 members (excludes halogenated alkanes) is 5. The Morgan fingerprint density at radius 1 is 1.00 bits per heavy atom. The van der Waals surface area contributed by atoms with Crippen molar-refractivity contribution in [2.24, 2.45) is 5.41 Å². The van der Waals surface area contributed by atoms with Crippen LogP contribution in [0.3, 0.4) is 0 Å². The number of aryl methyl sites for hydroxylation is 1. The predicted molar refractivity (Wildman–Crippen MR) is 174 cm³/mol. The molecule has 1 aliphatic heterocycles. The van der Waals surface area contributed by atoms with E-state index in [0.29, 0.717) is 12.8 Å². The van der Waals surface area contributed by atoms with Gasteiger partial charge in [-0.15, -0.1) is 11.3 Å². The zero-order valence-corrected chi connectivity index (χ0v) is 28.0. The molecule has 1 fully saturated rings. The minimum atomic E-state index is -0.831. The monoisotopic (exact) mass is 626 g/mol. The Kier molecular flexibility index (Phi) is 13.1. The molecule has 3 rings (SSSR count). The van der Waals surface area contributed by atoms with Crippen LogP contribution >= 0.6 is 11.3 Å². The number of rotatable bonds is 15. The number of ketones is 1. The van der Waals surface area contributed by atoms with Crippen LogP contribution in [0.4, 0.5) is 0 Å². The molecule has 1 aromatic heterocycles. The van der Waals surface area contributed by atoms with Crippen molar-refractivity contribution in [3.8, 4) is 10.4 Å². The maximum absolute atomic E-state index is 13.8. The fourth-order valence-corrected chi connectivity index (χ4v) is 6.43. The van der Waals surface area contributed by atoms with Gasteiger partial charge in [0, 0.05) is 25.8 Å². The third kappa shape index (κ3) is 10.2. The smallest absolute Gasteiger partial charge is 0.246 e. The molecule has 0 bridgehead atoms. The molecule has 3 amide bonds. The summed E-state index contributed by atoms with van der Waals surface area (Å²) < 4.78 is 0. The molecule has 0 spiro atoms. The number of nitrogens with one attached hydrogen (secondary N) is 2. The second kappa shape index (κ2) is 16.3. The summed E-state index contributed by atoms with van der Waals surface area (Å²) in [6, 6.07) is 6.02. The second-order valence-electron chi connectivity index (χ2n) is 13.2. The lowest BCUT2D eigenvalue weighted by atomic mass is 9.85. The average molecular weight is 627 g/mol.